The zero-order valence-corrected chi connectivity index (χ0v) is 12.7. The van der Waals surface area contributed by atoms with Crippen LogP contribution in [0.15, 0.2) is 0 Å². The Bertz CT molecular complexity index is 164. The van der Waals surface area contributed by atoms with Gasteiger partial charge in [-0.15, -0.1) is 0 Å². The summed E-state index contributed by atoms with van der Waals surface area (Å²) in [6, 6.07) is 0. The molecule has 4 nitrogen and oxygen atoms in total. The fourth-order valence-electron chi connectivity index (χ4n) is 2.01. The van der Waals surface area contributed by atoms with Gasteiger partial charge in [0.1, 0.15) is 0 Å². The number of hydrogen-bond donors (Lipinski definition) is 2. The van der Waals surface area contributed by atoms with Crippen LogP contribution in [-0.4, -0.2) is 56.5 Å². The maximum absolute atomic E-state index is 3.66. The Labute approximate surface area is 108 Å². The molecule has 0 heterocycles. The monoisotopic (exact) mass is 244 g/mol. The molecular formula is C13H32N4. The zero-order chi connectivity index (χ0) is 13.4. The smallest absolute Gasteiger partial charge is 0.0601 e. The summed E-state index contributed by atoms with van der Waals surface area (Å²) in [7, 11) is 8.49. The van der Waals surface area contributed by atoms with Gasteiger partial charge in [-0.3, -0.25) is 20.4 Å². The van der Waals surface area contributed by atoms with Crippen molar-refractivity contribution in [3.05, 3.63) is 0 Å². The average Bonchev–Trinajstić information content (AvgIpc) is 2.28. The molecule has 0 aromatic heterocycles. The van der Waals surface area contributed by atoms with Gasteiger partial charge in [0.15, 0.2) is 0 Å². The number of hydrogen-bond acceptors (Lipinski definition) is 4. The van der Waals surface area contributed by atoms with Gasteiger partial charge in [0.25, 0.3) is 0 Å². The Hall–Kier alpha value is -0.160. The third kappa shape index (κ3) is 6.36. The van der Waals surface area contributed by atoms with Crippen LogP contribution in [0.5, 0.6) is 0 Å². The lowest BCUT2D eigenvalue weighted by Crippen LogP contribution is -2.56. The first kappa shape index (κ1) is 16.8. The zero-order valence-electron chi connectivity index (χ0n) is 12.7. The molecule has 4 heteroatoms. The van der Waals surface area contributed by atoms with Crippen LogP contribution in [0.3, 0.4) is 0 Å². The predicted molar refractivity (Wildman–Crippen MR) is 75.9 cm³/mol. The van der Waals surface area contributed by atoms with Crippen LogP contribution in [0.2, 0.25) is 0 Å². The van der Waals surface area contributed by atoms with Gasteiger partial charge in [0.05, 0.1) is 18.5 Å². The molecule has 0 spiro atoms. The molecule has 2 N–H and O–H groups in total. The summed E-state index contributed by atoms with van der Waals surface area (Å²) in [6.07, 6.45) is 4.57. The Balaban J connectivity index is 4.31. The van der Waals surface area contributed by atoms with E-state index in [0.29, 0.717) is 18.5 Å². The van der Waals surface area contributed by atoms with Crippen molar-refractivity contribution in [1.29, 1.82) is 0 Å². The molecule has 0 aromatic rings. The molecule has 0 saturated carbocycles. The normalized spacial score (nSPS) is 17.5. The summed E-state index contributed by atoms with van der Waals surface area (Å²) in [5.41, 5.74) is 0. The van der Waals surface area contributed by atoms with Crippen molar-refractivity contribution in [2.45, 2.75) is 58.5 Å². The van der Waals surface area contributed by atoms with Crippen LogP contribution in [0.4, 0.5) is 0 Å². The second kappa shape index (κ2) is 8.86. The summed E-state index contributed by atoms with van der Waals surface area (Å²) in [5, 5.41) is 7.32. The molecule has 0 saturated heterocycles. The SMILES string of the molecule is CCC(NC(CC)N(C)C)NC(CC)N(C)C. The highest BCUT2D eigenvalue weighted by Crippen LogP contribution is 2.02. The maximum Gasteiger partial charge on any atom is 0.0601 e. The molecule has 0 aliphatic rings. The molecule has 17 heavy (non-hydrogen) atoms. The lowest BCUT2D eigenvalue weighted by atomic mass is 10.2. The first-order valence-electron chi connectivity index (χ1n) is 6.81. The molecule has 104 valence electrons. The second-order valence-corrected chi connectivity index (χ2v) is 5.07. The van der Waals surface area contributed by atoms with E-state index in [1.807, 2.05) is 0 Å². The molecule has 0 aliphatic carbocycles. The third-order valence-corrected chi connectivity index (χ3v) is 3.22. The maximum atomic E-state index is 3.66. The van der Waals surface area contributed by atoms with Crippen molar-refractivity contribution >= 4 is 0 Å². The molecule has 0 aliphatic heterocycles. The summed E-state index contributed by atoms with van der Waals surface area (Å²) in [6.45, 7) is 6.65. The van der Waals surface area contributed by atoms with Crippen molar-refractivity contribution in [3.8, 4) is 0 Å². The minimum absolute atomic E-state index is 0.370. The lowest BCUT2D eigenvalue weighted by Gasteiger charge is -2.34. The van der Waals surface area contributed by atoms with Gasteiger partial charge in [-0.2, -0.15) is 0 Å². The number of nitrogens with one attached hydrogen (secondary N) is 2. The van der Waals surface area contributed by atoms with E-state index in [2.05, 4.69) is 69.4 Å². The van der Waals surface area contributed by atoms with Gasteiger partial charge in [-0.1, -0.05) is 20.8 Å². The third-order valence-electron chi connectivity index (χ3n) is 3.22. The Morgan fingerprint density at radius 1 is 0.706 bits per heavy atom. The molecule has 0 bridgehead atoms. The highest BCUT2D eigenvalue weighted by atomic mass is 15.3. The van der Waals surface area contributed by atoms with Gasteiger partial charge in [-0.25, -0.2) is 0 Å². The first-order chi connectivity index (χ1) is 7.96. The quantitative estimate of drug-likeness (QED) is 0.602. The van der Waals surface area contributed by atoms with Crippen LogP contribution in [-0.2, 0) is 0 Å². The Kier molecular flexibility index (Phi) is 8.78. The van der Waals surface area contributed by atoms with Gasteiger partial charge in [0, 0.05) is 0 Å². The molecule has 2 atom stereocenters. The fourth-order valence-corrected chi connectivity index (χ4v) is 2.01. The molecule has 0 aromatic carbocycles. The number of nitrogens with zero attached hydrogens (tertiary/aromatic N) is 2. The van der Waals surface area contributed by atoms with E-state index in [-0.39, 0.29) is 0 Å². The van der Waals surface area contributed by atoms with E-state index in [4.69, 9.17) is 0 Å². The Morgan fingerprint density at radius 2 is 1.06 bits per heavy atom. The van der Waals surface area contributed by atoms with Crippen LogP contribution in [0.25, 0.3) is 0 Å². The first-order valence-corrected chi connectivity index (χ1v) is 6.81. The molecule has 0 amide bonds. The van der Waals surface area contributed by atoms with Crippen molar-refractivity contribution in [1.82, 2.24) is 20.4 Å². The fraction of sp³-hybridized carbons (Fsp3) is 1.00. The van der Waals surface area contributed by atoms with E-state index in [9.17, 15) is 0 Å². The predicted octanol–water partition coefficient (Wildman–Crippen LogP) is 1.50. The van der Waals surface area contributed by atoms with Gasteiger partial charge in [-0.05, 0) is 47.5 Å². The van der Waals surface area contributed by atoms with E-state index in [1.54, 1.807) is 0 Å². The standard InChI is InChI=1S/C13H32N4/c1-8-11(14-12(9-2)16(4)5)15-13(10-3)17(6)7/h11-15H,8-10H2,1-7H3. The van der Waals surface area contributed by atoms with E-state index in [1.165, 1.54) is 0 Å². The Morgan fingerprint density at radius 3 is 1.24 bits per heavy atom. The highest BCUT2D eigenvalue weighted by molar-refractivity contribution is 4.73. The lowest BCUT2D eigenvalue weighted by molar-refractivity contribution is 0.157. The van der Waals surface area contributed by atoms with Crippen LogP contribution >= 0.6 is 0 Å². The second-order valence-electron chi connectivity index (χ2n) is 5.07. The topological polar surface area (TPSA) is 30.5 Å². The van der Waals surface area contributed by atoms with Crippen LogP contribution < -0.4 is 10.6 Å². The largest absolute Gasteiger partial charge is 0.294 e. The van der Waals surface area contributed by atoms with Gasteiger partial charge >= 0.3 is 0 Å². The molecule has 2 unspecified atom stereocenters. The molecule has 0 fully saturated rings. The van der Waals surface area contributed by atoms with Crippen molar-refractivity contribution < 1.29 is 0 Å². The van der Waals surface area contributed by atoms with E-state index >= 15 is 0 Å². The van der Waals surface area contributed by atoms with E-state index < -0.39 is 0 Å². The van der Waals surface area contributed by atoms with Crippen molar-refractivity contribution in [3.63, 3.8) is 0 Å². The van der Waals surface area contributed by atoms with Crippen molar-refractivity contribution in [2.75, 3.05) is 28.2 Å². The minimum atomic E-state index is 0.370. The van der Waals surface area contributed by atoms with Crippen LogP contribution in [0.1, 0.15) is 40.0 Å². The summed E-state index contributed by atoms with van der Waals surface area (Å²) in [4.78, 5) is 4.47. The molecule has 0 radical (unpaired) electrons. The van der Waals surface area contributed by atoms with Crippen LogP contribution in [0, 0.1) is 0 Å². The van der Waals surface area contributed by atoms with Crippen molar-refractivity contribution in [2.24, 2.45) is 0 Å². The molecular weight excluding hydrogens is 212 g/mol. The average molecular weight is 244 g/mol. The summed E-state index contributed by atoms with van der Waals surface area (Å²) in [5.74, 6) is 0. The number of rotatable bonds is 9. The van der Waals surface area contributed by atoms with Gasteiger partial charge < -0.3 is 0 Å². The van der Waals surface area contributed by atoms with Gasteiger partial charge in [0.2, 0.25) is 0 Å². The molecule has 0 rings (SSSR count). The summed E-state index contributed by atoms with van der Waals surface area (Å²) >= 11 is 0. The summed E-state index contributed by atoms with van der Waals surface area (Å²) < 4.78 is 0. The van der Waals surface area contributed by atoms with E-state index in [0.717, 1.165) is 19.3 Å². The minimum Gasteiger partial charge on any atom is -0.294 e. The highest BCUT2D eigenvalue weighted by Gasteiger charge is 2.17.